The standard InChI is InChI=1S/C14H27NO2/c1-11(10-17-5)15(4)9-12-8-14(2,3)7-6-13(12)16/h11-12H,6-10H2,1-5H3. The fourth-order valence-electron chi connectivity index (χ4n) is 2.61. The smallest absolute Gasteiger partial charge is 0.137 e. The fraction of sp³-hybridized carbons (Fsp3) is 0.929. The number of nitrogens with zero attached hydrogens (tertiary/aromatic N) is 1. The number of Topliss-reactive ketones (excluding diaryl/α,β-unsaturated/α-hetero) is 1. The van der Waals surface area contributed by atoms with Crippen LogP contribution in [0.4, 0.5) is 0 Å². The van der Waals surface area contributed by atoms with E-state index >= 15 is 0 Å². The molecule has 0 spiro atoms. The normalized spacial score (nSPS) is 26.2. The third-order valence-electron chi connectivity index (χ3n) is 3.97. The van der Waals surface area contributed by atoms with Crippen LogP contribution in [0.15, 0.2) is 0 Å². The lowest BCUT2D eigenvalue weighted by atomic mass is 9.71. The summed E-state index contributed by atoms with van der Waals surface area (Å²) in [5.74, 6) is 0.656. The average molecular weight is 241 g/mol. The van der Waals surface area contributed by atoms with Crippen molar-refractivity contribution in [3.63, 3.8) is 0 Å². The van der Waals surface area contributed by atoms with Crippen LogP contribution in [0, 0.1) is 11.3 Å². The van der Waals surface area contributed by atoms with E-state index in [2.05, 4.69) is 32.7 Å². The van der Waals surface area contributed by atoms with E-state index in [0.717, 1.165) is 32.4 Å². The number of carbonyl (C=O) groups excluding carboxylic acids is 1. The van der Waals surface area contributed by atoms with E-state index in [1.54, 1.807) is 7.11 Å². The van der Waals surface area contributed by atoms with Gasteiger partial charge in [-0.05, 0) is 32.2 Å². The van der Waals surface area contributed by atoms with Gasteiger partial charge in [-0.2, -0.15) is 0 Å². The Labute approximate surface area is 106 Å². The molecular weight excluding hydrogens is 214 g/mol. The molecule has 100 valence electrons. The Morgan fingerprint density at radius 3 is 2.76 bits per heavy atom. The van der Waals surface area contributed by atoms with Gasteiger partial charge in [-0.25, -0.2) is 0 Å². The van der Waals surface area contributed by atoms with Gasteiger partial charge in [-0.1, -0.05) is 13.8 Å². The Morgan fingerprint density at radius 2 is 2.18 bits per heavy atom. The molecular formula is C14H27NO2. The van der Waals surface area contributed by atoms with E-state index < -0.39 is 0 Å². The maximum Gasteiger partial charge on any atom is 0.137 e. The van der Waals surface area contributed by atoms with E-state index in [9.17, 15) is 4.79 Å². The lowest BCUT2D eigenvalue weighted by molar-refractivity contribution is -0.127. The molecule has 1 saturated carbocycles. The van der Waals surface area contributed by atoms with Crippen molar-refractivity contribution in [2.24, 2.45) is 11.3 Å². The number of rotatable bonds is 5. The number of hydrogen-bond acceptors (Lipinski definition) is 3. The van der Waals surface area contributed by atoms with Gasteiger partial charge in [-0.3, -0.25) is 4.79 Å². The summed E-state index contributed by atoms with van der Waals surface area (Å²) in [5.41, 5.74) is 0.323. The van der Waals surface area contributed by atoms with Gasteiger partial charge in [-0.15, -0.1) is 0 Å². The lowest BCUT2D eigenvalue weighted by Gasteiger charge is -2.37. The maximum atomic E-state index is 11.9. The van der Waals surface area contributed by atoms with Crippen LogP contribution in [0.5, 0.6) is 0 Å². The first kappa shape index (κ1) is 14.7. The monoisotopic (exact) mass is 241 g/mol. The Morgan fingerprint density at radius 1 is 1.53 bits per heavy atom. The molecule has 2 atom stereocenters. The second kappa shape index (κ2) is 5.96. The van der Waals surface area contributed by atoms with Crippen LogP contribution in [0.2, 0.25) is 0 Å². The fourth-order valence-corrected chi connectivity index (χ4v) is 2.61. The third kappa shape index (κ3) is 4.40. The highest BCUT2D eigenvalue weighted by Gasteiger charge is 2.34. The van der Waals surface area contributed by atoms with Gasteiger partial charge < -0.3 is 9.64 Å². The molecule has 17 heavy (non-hydrogen) atoms. The molecule has 0 N–H and O–H groups in total. The van der Waals surface area contributed by atoms with E-state index in [1.165, 1.54) is 0 Å². The minimum absolute atomic E-state index is 0.211. The minimum atomic E-state index is 0.211. The van der Waals surface area contributed by atoms with E-state index in [4.69, 9.17) is 4.74 Å². The topological polar surface area (TPSA) is 29.5 Å². The van der Waals surface area contributed by atoms with Crippen molar-refractivity contribution in [1.82, 2.24) is 4.90 Å². The van der Waals surface area contributed by atoms with Crippen LogP contribution < -0.4 is 0 Å². The van der Waals surface area contributed by atoms with Crippen molar-refractivity contribution in [3.8, 4) is 0 Å². The summed E-state index contributed by atoms with van der Waals surface area (Å²) in [6.07, 6.45) is 2.82. The zero-order valence-electron chi connectivity index (χ0n) is 12.0. The molecule has 0 aliphatic heterocycles. The van der Waals surface area contributed by atoms with Crippen molar-refractivity contribution in [2.75, 3.05) is 27.3 Å². The molecule has 1 rings (SSSR count). The summed E-state index contributed by atoms with van der Waals surface area (Å²) in [6.45, 7) is 8.27. The summed E-state index contributed by atoms with van der Waals surface area (Å²) in [4.78, 5) is 14.2. The van der Waals surface area contributed by atoms with Gasteiger partial charge >= 0.3 is 0 Å². The molecule has 3 heteroatoms. The highest BCUT2D eigenvalue weighted by Crippen LogP contribution is 2.37. The van der Waals surface area contributed by atoms with Crippen molar-refractivity contribution in [1.29, 1.82) is 0 Å². The molecule has 0 bridgehead atoms. The molecule has 0 radical (unpaired) electrons. The van der Waals surface area contributed by atoms with Crippen LogP contribution in [0.3, 0.4) is 0 Å². The van der Waals surface area contributed by atoms with Crippen molar-refractivity contribution in [3.05, 3.63) is 0 Å². The number of carbonyl (C=O) groups is 1. The van der Waals surface area contributed by atoms with Crippen molar-refractivity contribution < 1.29 is 9.53 Å². The largest absolute Gasteiger partial charge is 0.383 e. The molecule has 1 fully saturated rings. The SMILES string of the molecule is COCC(C)N(C)CC1CC(C)(C)CCC1=O. The van der Waals surface area contributed by atoms with Gasteiger partial charge in [0.2, 0.25) is 0 Å². The number of likely N-dealkylation sites (N-methyl/N-ethyl adjacent to an activating group) is 1. The Kier molecular flexibility index (Phi) is 5.14. The Bertz CT molecular complexity index is 263. The summed E-state index contributed by atoms with van der Waals surface area (Å²) in [7, 11) is 3.80. The molecule has 2 unspecified atom stereocenters. The van der Waals surface area contributed by atoms with E-state index in [0.29, 0.717) is 17.2 Å². The maximum absolute atomic E-state index is 11.9. The highest BCUT2D eigenvalue weighted by atomic mass is 16.5. The Balaban J connectivity index is 2.51. The molecule has 0 aromatic rings. The van der Waals surface area contributed by atoms with Gasteiger partial charge in [0.15, 0.2) is 0 Å². The van der Waals surface area contributed by atoms with Crippen LogP contribution in [-0.4, -0.2) is 44.0 Å². The molecule has 1 aliphatic rings. The van der Waals surface area contributed by atoms with Crippen LogP contribution in [0.1, 0.15) is 40.0 Å². The number of hydrogen-bond donors (Lipinski definition) is 0. The zero-order chi connectivity index (χ0) is 13.1. The lowest BCUT2D eigenvalue weighted by Crippen LogP contribution is -2.41. The summed E-state index contributed by atoms with van der Waals surface area (Å²) in [5, 5.41) is 0. The predicted molar refractivity (Wildman–Crippen MR) is 70.1 cm³/mol. The number of ether oxygens (including phenoxy) is 1. The molecule has 0 aromatic carbocycles. The molecule has 0 saturated heterocycles. The van der Waals surface area contributed by atoms with Gasteiger partial charge in [0, 0.05) is 32.0 Å². The molecule has 0 aromatic heterocycles. The van der Waals surface area contributed by atoms with E-state index in [-0.39, 0.29) is 5.92 Å². The summed E-state index contributed by atoms with van der Waals surface area (Å²) < 4.78 is 5.16. The third-order valence-corrected chi connectivity index (χ3v) is 3.97. The molecule has 3 nitrogen and oxygen atoms in total. The van der Waals surface area contributed by atoms with Crippen molar-refractivity contribution in [2.45, 2.75) is 46.1 Å². The highest BCUT2D eigenvalue weighted by molar-refractivity contribution is 5.82. The second-order valence-electron chi connectivity index (χ2n) is 6.28. The van der Waals surface area contributed by atoms with Crippen molar-refractivity contribution >= 4 is 5.78 Å². The van der Waals surface area contributed by atoms with E-state index in [1.807, 2.05) is 0 Å². The van der Waals surface area contributed by atoms with Crippen LogP contribution in [-0.2, 0) is 9.53 Å². The quantitative estimate of drug-likeness (QED) is 0.740. The van der Waals surface area contributed by atoms with Crippen LogP contribution >= 0.6 is 0 Å². The second-order valence-corrected chi connectivity index (χ2v) is 6.28. The first-order valence-electron chi connectivity index (χ1n) is 6.57. The molecule has 0 amide bonds. The average Bonchev–Trinajstić information content (AvgIpc) is 2.23. The van der Waals surface area contributed by atoms with Crippen LogP contribution in [0.25, 0.3) is 0 Å². The predicted octanol–water partition coefficient (Wildman–Crippen LogP) is 2.35. The molecule has 0 heterocycles. The number of ketones is 1. The van der Waals surface area contributed by atoms with Gasteiger partial charge in [0.1, 0.15) is 5.78 Å². The van der Waals surface area contributed by atoms with Gasteiger partial charge in [0.25, 0.3) is 0 Å². The summed E-state index contributed by atoms with van der Waals surface area (Å²) in [6, 6.07) is 0.373. The first-order valence-corrected chi connectivity index (χ1v) is 6.57. The first-order chi connectivity index (χ1) is 7.85. The van der Waals surface area contributed by atoms with Gasteiger partial charge in [0.05, 0.1) is 6.61 Å². The molecule has 1 aliphatic carbocycles. The summed E-state index contributed by atoms with van der Waals surface area (Å²) >= 11 is 0. The Hall–Kier alpha value is -0.410. The number of methoxy groups -OCH3 is 1. The zero-order valence-corrected chi connectivity index (χ0v) is 12.0. The minimum Gasteiger partial charge on any atom is -0.383 e.